The summed E-state index contributed by atoms with van der Waals surface area (Å²) in [6.07, 6.45) is 6.49. The molecular weight excluding hydrogens is 520 g/mol. The van der Waals surface area contributed by atoms with Crippen molar-refractivity contribution in [2.75, 3.05) is 18.2 Å². The minimum atomic E-state index is -3.29. The van der Waals surface area contributed by atoms with Gasteiger partial charge in [-0.3, -0.25) is 4.79 Å². The van der Waals surface area contributed by atoms with E-state index in [2.05, 4.69) is 10.3 Å². The molecule has 4 rings (SSSR count). The minimum Gasteiger partial charge on any atom is -0.445 e. The third kappa shape index (κ3) is 6.41. The van der Waals surface area contributed by atoms with Crippen LogP contribution in [-0.2, 0) is 25.8 Å². The number of hydrogen-bond acceptors (Lipinski definition) is 7. The van der Waals surface area contributed by atoms with Gasteiger partial charge < -0.3 is 14.8 Å². The number of ether oxygens (including phenoxy) is 2. The van der Waals surface area contributed by atoms with E-state index in [0.29, 0.717) is 38.7 Å². The number of allylic oxidation sites excluding steroid dienone is 1. The highest BCUT2D eigenvalue weighted by atomic mass is 35.5. The van der Waals surface area contributed by atoms with Crippen LogP contribution in [0.25, 0.3) is 11.3 Å². The van der Waals surface area contributed by atoms with Gasteiger partial charge >= 0.3 is 0 Å². The highest BCUT2D eigenvalue weighted by Crippen LogP contribution is 2.40. The van der Waals surface area contributed by atoms with Gasteiger partial charge in [0.05, 0.1) is 23.2 Å². The second-order valence-electron chi connectivity index (χ2n) is 8.02. The van der Waals surface area contributed by atoms with Crippen LogP contribution in [-0.4, -0.2) is 38.3 Å². The lowest BCUT2D eigenvalue weighted by Gasteiger charge is -2.14. The van der Waals surface area contributed by atoms with Crippen LogP contribution in [0.15, 0.2) is 77.4 Å². The molecule has 0 saturated heterocycles. The van der Waals surface area contributed by atoms with Gasteiger partial charge in [-0.1, -0.05) is 60.2 Å². The fourth-order valence-electron chi connectivity index (χ4n) is 3.52. The monoisotopic (exact) mass is 544 g/mol. The molecule has 10 heteroatoms. The summed E-state index contributed by atoms with van der Waals surface area (Å²) in [6.45, 7) is 1.60. The first-order valence-corrected chi connectivity index (χ1v) is 14.1. The molecule has 1 heterocycles. The minimum absolute atomic E-state index is 0.0113. The standard InChI is InChI=1S/C26H25ClN2O5S2/c1-3-36(31,32)22-13-7-17(8-14-22)15-23(30)28-26-29-24(18-5-4-6-19(27)16-18)25(35-26)34-21-11-9-20(33-2)10-12-21/h4-9,11-14,16,20H,3,10,15H2,1-2H3,(H,28,29,30). The molecule has 2 aromatic carbocycles. The molecule has 0 fully saturated rings. The van der Waals surface area contributed by atoms with E-state index in [9.17, 15) is 13.2 Å². The van der Waals surface area contributed by atoms with Crippen LogP contribution < -0.4 is 10.1 Å². The fourth-order valence-corrected chi connectivity index (χ4v) is 5.47. The van der Waals surface area contributed by atoms with E-state index in [4.69, 9.17) is 21.1 Å². The molecule has 1 atom stereocenters. The zero-order valence-corrected chi connectivity index (χ0v) is 22.1. The van der Waals surface area contributed by atoms with Crippen LogP contribution in [0.2, 0.25) is 5.02 Å². The molecule has 1 unspecified atom stereocenters. The topological polar surface area (TPSA) is 94.6 Å². The maximum atomic E-state index is 12.7. The Balaban J connectivity index is 1.52. The number of carbonyl (C=O) groups excluding carboxylic acids is 1. The number of nitrogens with one attached hydrogen (secondary N) is 1. The van der Waals surface area contributed by atoms with Crippen molar-refractivity contribution in [3.05, 3.63) is 83.1 Å². The molecular formula is C26H25ClN2O5S2. The van der Waals surface area contributed by atoms with Crippen molar-refractivity contribution in [3.8, 4) is 16.3 Å². The summed E-state index contributed by atoms with van der Waals surface area (Å²) in [4.78, 5) is 17.6. The maximum Gasteiger partial charge on any atom is 0.230 e. The van der Waals surface area contributed by atoms with Crippen molar-refractivity contribution >= 4 is 43.8 Å². The summed E-state index contributed by atoms with van der Waals surface area (Å²) in [5.74, 6) is 0.407. The number of carbonyl (C=O) groups is 1. The molecule has 0 aliphatic heterocycles. The average Bonchev–Trinajstić information content (AvgIpc) is 3.26. The Morgan fingerprint density at radius 2 is 2.00 bits per heavy atom. The number of rotatable bonds is 9. The van der Waals surface area contributed by atoms with Crippen molar-refractivity contribution in [3.63, 3.8) is 0 Å². The molecule has 3 aromatic rings. The Morgan fingerprint density at radius 3 is 2.64 bits per heavy atom. The Hall–Kier alpha value is -2.98. The molecule has 188 valence electrons. The summed E-state index contributed by atoms with van der Waals surface area (Å²) in [5, 5.41) is 4.29. The Bertz CT molecular complexity index is 1410. The van der Waals surface area contributed by atoms with E-state index < -0.39 is 9.84 Å². The van der Waals surface area contributed by atoms with Crippen LogP contribution in [0.1, 0.15) is 18.9 Å². The molecule has 36 heavy (non-hydrogen) atoms. The van der Waals surface area contributed by atoms with Gasteiger partial charge in [-0.15, -0.1) is 0 Å². The van der Waals surface area contributed by atoms with Crippen molar-refractivity contribution in [2.24, 2.45) is 0 Å². The van der Waals surface area contributed by atoms with Crippen LogP contribution in [0.4, 0.5) is 5.13 Å². The third-order valence-electron chi connectivity index (χ3n) is 5.51. The third-order valence-corrected chi connectivity index (χ3v) is 8.34. The van der Waals surface area contributed by atoms with Crippen LogP contribution in [0, 0.1) is 0 Å². The fraction of sp³-hybridized carbons (Fsp3) is 0.231. The molecule has 7 nitrogen and oxygen atoms in total. The molecule has 0 saturated carbocycles. The van der Waals surface area contributed by atoms with E-state index in [1.54, 1.807) is 38.3 Å². The Morgan fingerprint density at radius 1 is 1.22 bits per heavy atom. The summed E-state index contributed by atoms with van der Waals surface area (Å²) in [6, 6.07) is 13.6. The smallest absolute Gasteiger partial charge is 0.230 e. The SMILES string of the molecule is CCS(=O)(=O)c1ccc(CC(=O)Nc2nc(-c3cccc(Cl)c3)c(OC3=CCC(OC)C=C3)s2)cc1. The number of nitrogens with zero attached hydrogens (tertiary/aromatic N) is 1. The molecule has 0 bridgehead atoms. The number of aromatic nitrogens is 1. The number of amides is 1. The number of methoxy groups -OCH3 is 1. The van der Waals surface area contributed by atoms with Gasteiger partial charge in [0.15, 0.2) is 15.0 Å². The van der Waals surface area contributed by atoms with Crippen LogP contribution >= 0.6 is 22.9 Å². The summed E-state index contributed by atoms with van der Waals surface area (Å²) < 4.78 is 35.5. The van der Waals surface area contributed by atoms with Gasteiger partial charge in [0.25, 0.3) is 0 Å². The molecule has 1 aliphatic carbocycles. The quantitative estimate of drug-likeness (QED) is 0.372. The van der Waals surface area contributed by atoms with Gasteiger partial charge in [-0.05, 0) is 48.4 Å². The highest BCUT2D eigenvalue weighted by molar-refractivity contribution is 7.91. The molecule has 1 aliphatic rings. The number of thiazole rings is 1. The second-order valence-corrected chi connectivity index (χ2v) is 11.7. The maximum absolute atomic E-state index is 12.7. The average molecular weight is 545 g/mol. The predicted molar refractivity (Wildman–Crippen MR) is 142 cm³/mol. The highest BCUT2D eigenvalue weighted by Gasteiger charge is 2.19. The number of hydrogen-bond donors (Lipinski definition) is 1. The lowest BCUT2D eigenvalue weighted by Crippen LogP contribution is -2.14. The van der Waals surface area contributed by atoms with Gasteiger partial charge in [0.2, 0.25) is 11.0 Å². The lowest BCUT2D eigenvalue weighted by atomic mass is 10.1. The van der Waals surface area contributed by atoms with Crippen LogP contribution in [0.3, 0.4) is 0 Å². The number of anilines is 1. The predicted octanol–water partition coefficient (Wildman–Crippen LogP) is 5.68. The van der Waals surface area contributed by atoms with E-state index in [1.807, 2.05) is 30.4 Å². The van der Waals surface area contributed by atoms with E-state index in [-0.39, 0.29) is 29.1 Å². The molecule has 1 aromatic heterocycles. The van der Waals surface area contributed by atoms with Crippen LogP contribution in [0.5, 0.6) is 5.06 Å². The first kappa shape index (κ1) is 26.1. The van der Waals surface area contributed by atoms with Crippen molar-refractivity contribution < 1.29 is 22.7 Å². The van der Waals surface area contributed by atoms with Crippen molar-refractivity contribution in [2.45, 2.75) is 30.8 Å². The van der Waals surface area contributed by atoms with Crippen molar-refractivity contribution in [1.82, 2.24) is 4.98 Å². The number of sulfone groups is 1. The molecule has 1 amide bonds. The lowest BCUT2D eigenvalue weighted by molar-refractivity contribution is -0.115. The van der Waals surface area contributed by atoms with Gasteiger partial charge in [-0.25, -0.2) is 13.4 Å². The molecule has 1 N–H and O–H groups in total. The normalized spacial score (nSPS) is 15.4. The zero-order chi connectivity index (χ0) is 25.7. The number of halogens is 1. The number of benzene rings is 2. The molecule has 0 radical (unpaired) electrons. The summed E-state index contributed by atoms with van der Waals surface area (Å²) in [5.41, 5.74) is 2.02. The first-order chi connectivity index (χ1) is 17.3. The van der Waals surface area contributed by atoms with E-state index in [1.165, 1.54) is 23.5 Å². The first-order valence-electron chi connectivity index (χ1n) is 11.2. The van der Waals surface area contributed by atoms with Crippen molar-refractivity contribution in [1.29, 1.82) is 0 Å². The zero-order valence-electron chi connectivity index (χ0n) is 19.7. The van der Waals surface area contributed by atoms with Gasteiger partial charge in [0, 0.05) is 17.7 Å². The Kier molecular flexibility index (Phi) is 8.25. The van der Waals surface area contributed by atoms with E-state index >= 15 is 0 Å². The Labute approximate surface area is 219 Å². The summed E-state index contributed by atoms with van der Waals surface area (Å²) in [7, 11) is -1.63. The second kappa shape index (κ2) is 11.4. The van der Waals surface area contributed by atoms with E-state index in [0.717, 1.165) is 5.56 Å². The largest absolute Gasteiger partial charge is 0.445 e. The summed E-state index contributed by atoms with van der Waals surface area (Å²) >= 11 is 7.41. The molecule has 0 spiro atoms. The van der Waals surface area contributed by atoms with Gasteiger partial charge in [0.1, 0.15) is 11.5 Å². The van der Waals surface area contributed by atoms with Gasteiger partial charge in [-0.2, -0.15) is 0 Å².